The van der Waals surface area contributed by atoms with Crippen LogP contribution in [-0.4, -0.2) is 49.2 Å². The van der Waals surface area contributed by atoms with E-state index in [9.17, 15) is 0 Å². The molecule has 0 aliphatic rings. The third kappa shape index (κ3) is 42.3. The van der Waals surface area contributed by atoms with Crippen molar-refractivity contribution >= 4 is 12.4 Å². The first-order valence-electron chi connectivity index (χ1n) is 25.3. The molecule has 0 saturated heterocycles. The molecular formula is C50H101N3O2. The number of unbranched alkanes of at least 4 members (excludes halogenated alkanes) is 27. The van der Waals surface area contributed by atoms with Crippen LogP contribution < -0.4 is 0 Å². The summed E-state index contributed by atoms with van der Waals surface area (Å²) in [6, 6.07) is 0. The lowest BCUT2D eigenvalue weighted by Gasteiger charge is -2.22. The molecule has 0 rings (SSSR count). The van der Waals surface area contributed by atoms with E-state index in [1.165, 1.54) is 251 Å². The Kier molecular flexibility index (Phi) is 46.3. The standard InChI is InChI=1S/C50H101N3O2/c1-6-11-16-20-24-32-40-49(41-33-25-21-17-12-7-2)54-51-44-36-28-30-38-47-53(46-15-10-5)48-39-31-29-37-45-52-55-50(42-34-26-22-18-13-8-3)43-35-27-23-19-14-9-4/h44-45,49-50H,6-43,46-48H2,1-5H3/b51-44+,52-45+. The normalized spacial score (nSPS) is 12.1. The highest BCUT2D eigenvalue weighted by Crippen LogP contribution is 2.19. The lowest BCUT2D eigenvalue weighted by molar-refractivity contribution is 0.0436. The number of hydrogen-bond donors (Lipinski definition) is 0. The molecule has 0 aromatic heterocycles. The zero-order valence-corrected chi connectivity index (χ0v) is 38.5. The van der Waals surface area contributed by atoms with Crippen LogP contribution in [0.15, 0.2) is 10.3 Å². The Morgan fingerprint density at radius 1 is 0.327 bits per heavy atom. The SMILES string of the molecule is CCCCCCCCC(CCCCCCCC)O/N=C/CCCCCN(CCCC)CCCCC/C=N/OC(CCCCCCCC)CCCCCCCC. The van der Waals surface area contributed by atoms with E-state index >= 15 is 0 Å². The molecule has 0 bridgehead atoms. The number of oxime groups is 2. The summed E-state index contributed by atoms with van der Waals surface area (Å²) in [7, 11) is 0. The van der Waals surface area contributed by atoms with Crippen molar-refractivity contribution < 1.29 is 9.68 Å². The summed E-state index contributed by atoms with van der Waals surface area (Å²) in [4.78, 5) is 14.9. The van der Waals surface area contributed by atoms with Crippen LogP contribution in [0, 0.1) is 0 Å². The Bertz CT molecular complexity index is 669. The Labute approximate surface area is 346 Å². The van der Waals surface area contributed by atoms with Crippen LogP contribution in [0.1, 0.15) is 279 Å². The minimum atomic E-state index is 0.313. The highest BCUT2D eigenvalue weighted by atomic mass is 16.6. The van der Waals surface area contributed by atoms with Gasteiger partial charge >= 0.3 is 0 Å². The van der Waals surface area contributed by atoms with Gasteiger partial charge in [-0.1, -0.05) is 193 Å². The van der Waals surface area contributed by atoms with Crippen LogP contribution in [0.3, 0.4) is 0 Å². The van der Waals surface area contributed by atoms with Gasteiger partial charge in [-0.05, 0) is 116 Å². The van der Waals surface area contributed by atoms with Gasteiger partial charge in [0.15, 0.2) is 0 Å². The van der Waals surface area contributed by atoms with E-state index in [-0.39, 0.29) is 0 Å². The van der Waals surface area contributed by atoms with Crippen molar-refractivity contribution in [2.75, 3.05) is 19.6 Å². The molecule has 0 aliphatic heterocycles. The number of rotatable bonds is 47. The largest absolute Gasteiger partial charge is 0.393 e. The average Bonchev–Trinajstić information content (AvgIpc) is 3.19. The fourth-order valence-electron chi connectivity index (χ4n) is 7.69. The van der Waals surface area contributed by atoms with E-state index in [1.807, 2.05) is 0 Å². The van der Waals surface area contributed by atoms with Gasteiger partial charge in [0.1, 0.15) is 12.2 Å². The molecule has 0 unspecified atom stereocenters. The number of nitrogens with zero attached hydrogens (tertiary/aromatic N) is 3. The maximum atomic E-state index is 6.08. The summed E-state index contributed by atoms with van der Waals surface area (Å²) >= 11 is 0. The first-order chi connectivity index (χ1) is 27.2. The minimum absolute atomic E-state index is 0.313. The molecule has 0 aromatic carbocycles. The third-order valence-corrected chi connectivity index (χ3v) is 11.5. The van der Waals surface area contributed by atoms with Crippen LogP contribution in [0.25, 0.3) is 0 Å². The molecule has 0 N–H and O–H groups in total. The fourth-order valence-corrected chi connectivity index (χ4v) is 7.69. The van der Waals surface area contributed by atoms with Crippen molar-refractivity contribution in [3.63, 3.8) is 0 Å². The van der Waals surface area contributed by atoms with Gasteiger partial charge in [0.05, 0.1) is 0 Å². The first-order valence-corrected chi connectivity index (χ1v) is 25.3. The van der Waals surface area contributed by atoms with Crippen molar-refractivity contribution in [3.8, 4) is 0 Å². The summed E-state index contributed by atoms with van der Waals surface area (Å²) in [6.07, 6.45) is 54.1. The zero-order chi connectivity index (χ0) is 40.0. The Balaban J connectivity index is 4.32. The molecule has 0 radical (unpaired) electrons. The van der Waals surface area contributed by atoms with Gasteiger partial charge in [-0.15, -0.1) is 0 Å². The Morgan fingerprint density at radius 2 is 0.600 bits per heavy atom. The van der Waals surface area contributed by atoms with E-state index in [0.29, 0.717) is 12.2 Å². The molecule has 0 spiro atoms. The highest BCUT2D eigenvalue weighted by molar-refractivity contribution is 5.56. The predicted molar refractivity (Wildman–Crippen MR) is 247 cm³/mol. The fraction of sp³-hybridized carbons (Fsp3) is 0.960. The van der Waals surface area contributed by atoms with Crippen LogP contribution in [0.2, 0.25) is 0 Å². The monoisotopic (exact) mass is 776 g/mol. The van der Waals surface area contributed by atoms with Crippen molar-refractivity contribution in [3.05, 3.63) is 0 Å². The smallest absolute Gasteiger partial charge is 0.127 e. The van der Waals surface area contributed by atoms with E-state index in [2.05, 4.69) is 62.3 Å². The molecule has 0 aliphatic carbocycles. The summed E-state index contributed by atoms with van der Waals surface area (Å²) in [6.45, 7) is 15.2. The minimum Gasteiger partial charge on any atom is -0.393 e. The van der Waals surface area contributed by atoms with Crippen LogP contribution >= 0.6 is 0 Å². The summed E-state index contributed by atoms with van der Waals surface area (Å²) in [5.41, 5.74) is 0. The maximum Gasteiger partial charge on any atom is 0.127 e. The van der Waals surface area contributed by atoms with Gasteiger partial charge in [-0.2, -0.15) is 0 Å². The number of hydrogen-bond acceptors (Lipinski definition) is 5. The highest BCUT2D eigenvalue weighted by Gasteiger charge is 2.11. The molecule has 0 saturated carbocycles. The average molecular weight is 776 g/mol. The molecule has 55 heavy (non-hydrogen) atoms. The van der Waals surface area contributed by atoms with Gasteiger partial charge < -0.3 is 14.6 Å². The van der Waals surface area contributed by atoms with Gasteiger partial charge in [-0.25, -0.2) is 0 Å². The first kappa shape index (κ1) is 53.9. The van der Waals surface area contributed by atoms with Crippen molar-refractivity contribution in [1.29, 1.82) is 0 Å². The van der Waals surface area contributed by atoms with Crippen LogP contribution in [-0.2, 0) is 9.68 Å². The molecule has 5 nitrogen and oxygen atoms in total. The van der Waals surface area contributed by atoms with E-state index in [4.69, 9.17) is 9.68 Å². The lowest BCUT2D eigenvalue weighted by Crippen LogP contribution is -2.27. The Hall–Kier alpha value is -1.10. The molecule has 0 heterocycles. The van der Waals surface area contributed by atoms with Gasteiger partial charge in [-0.3, -0.25) is 0 Å². The maximum absolute atomic E-state index is 6.08. The van der Waals surface area contributed by atoms with E-state index in [0.717, 1.165) is 12.8 Å². The zero-order valence-electron chi connectivity index (χ0n) is 38.5. The topological polar surface area (TPSA) is 46.4 Å². The second-order valence-corrected chi connectivity index (χ2v) is 17.2. The van der Waals surface area contributed by atoms with Crippen molar-refractivity contribution in [1.82, 2.24) is 4.90 Å². The molecule has 0 fully saturated rings. The molecule has 328 valence electrons. The van der Waals surface area contributed by atoms with Crippen LogP contribution in [0.4, 0.5) is 0 Å². The summed E-state index contributed by atoms with van der Waals surface area (Å²) in [5.74, 6) is 0. The molecule has 0 aromatic rings. The van der Waals surface area contributed by atoms with Gasteiger partial charge in [0, 0.05) is 12.4 Å². The summed E-state index contributed by atoms with van der Waals surface area (Å²) in [5, 5.41) is 8.96. The Morgan fingerprint density at radius 3 is 0.927 bits per heavy atom. The van der Waals surface area contributed by atoms with Crippen LogP contribution in [0.5, 0.6) is 0 Å². The second-order valence-electron chi connectivity index (χ2n) is 17.2. The lowest BCUT2D eigenvalue weighted by atomic mass is 10.0. The van der Waals surface area contributed by atoms with Crippen molar-refractivity contribution in [2.45, 2.75) is 291 Å². The molecule has 5 heteroatoms. The van der Waals surface area contributed by atoms with E-state index in [1.54, 1.807) is 0 Å². The second kappa shape index (κ2) is 47.3. The molecular weight excluding hydrogens is 675 g/mol. The predicted octanol–water partition coefficient (Wildman–Crippen LogP) is 17.0. The third-order valence-electron chi connectivity index (χ3n) is 11.5. The molecule has 0 atom stereocenters. The molecule has 0 amide bonds. The van der Waals surface area contributed by atoms with Gasteiger partial charge in [0.2, 0.25) is 0 Å². The van der Waals surface area contributed by atoms with E-state index < -0.39 is 0 Å². The van der Waals surface area contributed by atoms with Gasteiger partial charge in [0.25, 0.3) is 0 Å². The quantitative estimate of drug-likeness (QED) is 0.0351. The summed E-state index contributed by atoms with van der Waals surface area (Å²) < 4.78 is 0. The van der Waals surface area contributed by atoms with Crippen molar-refractivity contribution in [2.24, 2.45) is 10.3 Å².